The van der Waals surface area contributed by atoms with Crippen LogP contribution in [0.3, 0.4) is 0 Å². The number of pyridine rings is 1. The number of aliphatic hydroxyl groups is 1. The fourth-order valence-electron chi connectivity index (χ4n) is 3.25. The molecule has 3 rings (SSSR count). The highest BCUT2D eigenvalue weighted by atomic mass is 16.4. The van der Waals surface area contributed by atoms with E-state index < -0.39 is 11.6 Å². The van der Waals surface area contributed by atoms with E-state index in [1.54, 1.807) is 6.07 Å². The molecule has 0 radical (unpaired) electrons. The molecular formula is C19H22N2O3. The Morgan fingerprint density at radius 2 is 1.92 bits per heavy atom. The summed E-state index contributed by atoms with van der Waals surface area (Å²) in [6.45, 7) is 3.38. The van der Waals surface area contributed by atoms with E-state index in [4.69, 9.17) is 5.11 Å². The van der Waals surface area contributed by atoms with Gasteiger partial charge in [0.25, 0.3) is 0 Å². The van der Waals surface area contributed by atoms with Gasteiger partial charge in [-0.1, -0.05) is 35.9 Å². The molecule has 2 heterocycles. The molecule has 0 unspecified atom stereocenters. The zero-order valence-corrected chi connectivity index (χ0v) is 13.8. The van der Waals surface area contributed by atoms with Crippen LogP contribution in [0.25, 0.3) is 0 Å². The van der Waals surface area contributed by atoms with Crippen LogP contribution in [0.15, 0.2) is 42.5 Å². The number of carboxylic acid groups (broad SMARTS) is 1. The maximum Gasteiger partial charge on any atom is 0.354 e. The SMILES string of the molecule is Cc1cccc(CC2(O)CCN(c3cccc(C(=O)O)n3)CC2)c1. The molecule has 0 bridgehead atoms. The second-order valence-corrected chi connectivity index (χ2v) is 6.56. The maximum atomic E-state index is 11.0. The molecule has 1 aromatic carbocycles. The zero-order valence-electron chi connectivity index (χ0n) is 13.8. The standard InChI is InChI=1S/C19H22N2O3/c1-14-4-2-5-15(12-14)13-19(24)8-10-21(11-9-19)17-7-3-6-16(20-17)18(22)23/h2-7,12,24H,8-11,13H2,1H3,(H,22,23). The van der Waals surface area contributed by atoms with Gasteiger partial charge in [0, 0.05) is 19.5 Å². The number of anilines is 1. The number of benzene rings is 1. The van der Waals surface area contributed by atoms with Crippen molar-refractivity contribution in [2.24, 2.45) is 0 Å². The number of nitrogens with zero attached hydrogens (tertiary/aromatic N) is 2. The zero-order chi connectivity index (χ0) is 17.2. The molecule has 1 aliphatic rings. The average Bonchev–Trinajstić information content (AvgIpc) is 2.55. The van der Waals surface area contributed by atoms with Gasteiger partial charge in [0.15, 0.2) is 5.69 Å². The molecule has 0 aliphatic carbocycles. The predicted octanol–water partition coefficient (Wildman–Crippen LogP) is 2.66. The Balaban J connectivity index is 1.66. The summed E-state index contributed by atoms with van der Waals surface area (Å²) in [7, 11) is 0. The molecule has 1 saturated heterocycles. The van der Waals surface area contributed by atoms with E-state index >= 15 is 0 Å². The van der Waals surface area contributed by atoms with Crippen molar-refractivity contribution in [3.63, 3.8) is 0 Å². The van der Waals surface area contributed by atoms with Crippen molar-refractivity contribution in [3.05, 3.63) is 59.3 Å². The van der Waals surface area contributed by atoms with Gasteiger partial charge in [-0.05, 0) is 37.5 Å². The van der Waals surface area contributed by atoms with Gasteiger partial charge in [-0.25, -0.2) is 9.78 Å². The van der Waals surface area contributed by atoms with Crippen molar-refractivity contribution in [1.82, 2.24) is 4.98 Å². The Morgan fingerprint density at radius 3 is 2.58 bits per heavy atom. The maximum absolute atomic E-state index is 11.0. The minimum atomic E-state index is -1.02. The molecule has 5 heteroatoms. The topological polar surface area (TPSA) is 73.7 Å². The molecule has 1 fully saturated rings. The molecule has 126 valence electrons. The van der Waals surface area contributed by atoms with Crippen LogP contribution in [0, 0.1) is 6.92 Å². The molecule has 0 spiro atoms. The minimum absolute atomic E-state index is 0.0492. The summed E-state index contributed by atoms with van der Waals surface area (Å²) in [5, 5.41) is 19.9. The number of piperidine rings is 1. The highest BCUT2D eigenvalue weighted by Gasteiger charge is 2.33. The van der Waals surface area contributed by atoms with Gasteiger partial charge in [0.2, 0.25) is 0 Å². The summed E-state index contributed by atoms with van der Waals surface area (Å²) in [6.07, 6.45) is 1.92. The lowest BCUT2D eigenvalue weighted by atomic mass is 9.85. The van der Waals surface area contributed by atoms with Crippen molar-refractivity contribution >= 4 is 11.8 Å². The van der Waals surface area contributed by atoms with E-state index in [0.29, 0.717) is 38.2 Å². The first kappa shape index (κ1) is 16.5. The summed E-state index contributed by atoms with van der Waals surface area (Å²) < 4.78 is 0. The first-order chi connectivity index (χ1) is 11.5. The molecular weight excluding hydrogens is 304 g/mol. The Labute approximate surface area is 141 Å². The molecule has 0 atom stereocenters. The van der Waals surface area contributed by atoms with Crippen LogP contribution in [0.5, 0.6) is 0 Å². The lowest BCUT2D eigenvalue weighted by Crippen LogP contribution is -2.46. The number of aromatic nitrogens is 1. The Hall–Kier alpha value is -2.40. The minimum Gasteiger partial charge on any atom is -0.477 e. The third-order valence-corrected chi connectivity index (χ3v) is 4.59. The van der Waals surface area contributed by atoms with Gasteiger partial charge in [-0.3, -0.25) is 0 Å². The predicted molar refractivity (Wildman–Crippen MR) is 92.5 cm³/mol. The molecule has 5 nitrogen and oxygen atoms in total. The molecule has 24 heavy (non-hydrogen) atoms. The Kier molecular flexibility index (Phi) is 4.53. The van der Waals surface area contributed by atoms with Gasteiger partial charge in [-0.15, -0.1) is 0 Å². The molecule has 0 amide bonds. The van der Waals surface area contributed by atoms with E-state index in [1.807, 2.05) is 17.0 Å². The number of aromatic carboxylic acids is 1. The smallest absolute Gasteiger partial charge is 0.354 e. The summed E-state index contributed by atoms with van der Waals surface area (Å²) in [6, 6.07) is 13.2. The molecule has 1 aliphatic heterocycles. The second kappa shape index (κ2) is 6.61. The van der Waals surface area contributed by atoms with E-state index in [1.165, 1.54) is 11.6 Å². The van der Waals surface area contributed by atoms with Crippen LogP contribution in [0.2, 0.25) is 0 Å². The number of hydrogen-bond acceptors (Lipinski definition) is 4. The molecule has 2 N–H and O–H groups in total. The van der Waals surface area contributed by atoms with Crippen LogP contribution in [0.4, 0.5) is 5.82 Å². The van der Waals surface area contributed by atoms with Crippen LogP contribution < -0.4 is 4.90 Å². The van der Waals surface area contributed by atoms with E-state index in [2.05, 4.69) is 30.1 Å². The van der Waals surface area contributed by atoms with E-state index in [9.17, 15) is 9.90 Å². The number of hydrogen-bond donors (Lipinski definition) is 2. The summed E-state index contributed by atoms with van der Waals surface area (Å²) >= 11 is 0. The molecule has 0 saturated carbocycles. The summed E-state index contributed by atoms with van der Waals surface area (Å²) in [5.41, 5.74) is 1.68. The lowest BCUT2D eigenvalue weighted by Gasteiger charge is -2.39. The third kappa shape index (κ3) is 3.74. The van der Waals surface area contributed by atoms with Gasteiger partial charge < -0.3 is 15.1 Å². The van der Waals surface area contributed by atoms with Crippen LogP contribution in [-0.2, 0) is 6.42 Å². The monoisotopic (exact) mass is 326 g/mol. The fraction of sp³-hybridized carbons (Fsp3) is 0.368. The van der Waals surface area contributed by atoms with Crippen molar-refractivity contribution < 1.29 is 15.0 Å². The van der Waals surface area contributed by atoms with E-state index in [-0.39, 0.29) is 5.69 Å². The van der Waals surface area contributed by atoms with Crippen molar-refractivity contribution in [2.75, 3.05) is 18.0 Å². The van der Waals surface area contributed by atoms with Gasteiger partial charge in [0.05, 0.1) is 5.60 Å². The first-order valence-electron chi connectivity index (χ1n) is 8.18. The number of aryl methyl sites for hydroxylation is 1. The normalized spacial score (nSPS) is 16.8. The average molecular weight is 326 g/mol. The number of carboxylic acids is 1. The molecule has 1 aromatic heterocycles. The largest absolute Gasteiger partial charge is 0.477 e. The number of carbonyl (C=O) groups is 1. The third-order valence-electron chi connectivity index (χ3n) is 4.59. The van der Waals surface area contributed by atoms with Crippen molar-refractivity contribution in [3.8, 4) is 0 Å². The van der Waals surface area contributed by atoms with Gasteiger partial charge in [-0.2, -0.15) is 0 Å². The van der Waals surface area contributed by atoms with Crippen LogP contribution >= 0.6 is 0 Å². The highest BCUT2D eigenvalue weighted by Crippen LogP contribution is 2.28. The Morgan fingerprint density at radius 1 is 1.21 bits per heavy atom. The lowest BCUT2D eigenvalue weighted by molar-refractivity contribution is 0.0164. The summed E-state index contributed by atoms with van der Waals surface area (Å²) in [4.78, 5) is 17.3. The molecule has 2 aromatic rings. The van der Waals surface area contributed by atoms with Gasteiger partial charge >= 0.3 is 5.97 Å². The highest BCUT2D eigenvalue weighted by molar-refractivity contribution is 5.85. The first-order valence-corrected chi connectivity index (χ1v) is 8.18. The van der Waals surface area contributed by atoms with E-state index in [0.717, 1.165) is 5.56 Å². The Bertz CT molecular complexity index is 737. The quantitative estimate of drug-likeness (QED) is 0.903. The van der Waals surface area contributed by atoms with Crippen LogP contribution in [-0.4, -0.2) is 39.9 Å². The van der Waals surface area contributed by atoms with Crippen molar-refractivity contribution in [2.45, 2.75) is 31.8 Å². The summed E-state index contributed by atoms with van der Waals surface area (Å²) in [5.74, 6) is -0.364. The second-order valence-electron chi connectivity index (χ2n) is 6.56. The van der Waals surface area contributed by atoms with Crippen LogP contribution in [0.1, 0.15) is 34.5 Å². The fourth-order valence-corrected chi connectivity index (χ4v) is 3.25. The van der Waals surface area contributed by atoms with Gasteiger partial charge in [0.1, 0.15) is 5.82 Å². The number of rotatable bonds is 4. The van der Waals surface area contributed by atoms with Crippen molar-refractivity contribution in [1.29, 1.82) is 0 Å².